The maximum atomic E-state index is 12.3. The number of halogens is 1. The van der Waals surface area contributed by atoms with Gasteiger partial charge in [0.1, 0.15) is 0 Å². The van der Waals surface area contributed by atoms with Gasteiger partial charge in [-0.3, -0.25) is 9.59 Å². The van der Waals surface area contributed by atoms with E-state index in [2.05, 4.69) is 5.32 Å². The van der Waals surface area contributed by atoms with Crippen molar-refractivity contribution in [1.82, 2.24) is 10.2 Å². The van der Waals surface area contributed by atoms with E-state index in [0.29, 0.717) is 11.4 Å². The van der Waals surface area contributed by atoms with Crippen LogP contribution < -0.4 is 5.32 Å². The van der Waals surface area contributed by atoms with Gasteiger partial charge in [-0.05, 0) is 43.4 Å². The standard InChI is InChI=1S/C17H21ClN2O2/c18-14-3-1-2-12(10-14)11-16(21)20-8-6-15(7-9-20)19-17(22)13-4-5-13/h1-3,10,13,15H,4-9,11H2,(H,19,22). The number of nitrogens with one attached hydrogen (secondary N) is 1. The molecule has 0 bridgehead atoms. The molecule has 1 aromatic rings. The van der Waals surface area contributed by atoms with Crippen LogP contribution in [0.1, 0.15) is 31.2 Å². The average molecular weight is 321 g/mol. The average Bonchev–Trinajstić information content (AvgIpc) is 3.32. The molecule has 0 spiro atoms. The number of rotatable bonds is 4. The second-order valence-corrected chi connectivity index (χ2v) is 6.68. The van der Waals surface area contributed by atoms with Crippen LogP contribution in [0.25, 0.3) is 0 Å². The number of hydrogen-bond donors (Lipinski definition) is 1. The smallest absolute Gasteiger partial charge is 0.226 e. The van der Waals surface area contributed by atoms with Crippen LogP contribution in [-0.2, 0) is 16.0 Å². The van der Waals surface area contributed by atoms with Gasteiger partial charge >= 0.3 is 0 Å². The zero-order chi connectivity index (χ0) is 15.5. The molecular formula is C17H21ClN2O2. The molecule has 5 heteroatoms. The molecule has 0 aromatic heterocycles. The summed E-state index contributed by atoms with van der Waals surface area (Å²) in [6.07, 6.45) is 4.14. The molecule has 1 saturated heterocycles. The highest BCUT2D eigenvalue weighted by Crippen LogP contribution is 2.29. The van der Waals surface area contributed by atoms with Gasteiger partial charge in [-0.25, -0.2) is 0 Å². The zero-order valence-corrected chi connectivity index (χ0v) is 13.3. The number of amides is 2. The van der Waals surface area contributed by atoms with Crippen molar-refractivity contribution in [2.45, 2.75) is 38.1 Å². The molecule has 2 fully saturated rings. The van der Waals surface area contributed by atoms with Gasteiger partial charge in [0, 0.05) is 30.1 Å². The van der Waals surface area contributed by atoms with Crippen LogP contribution in [0.4, 0.5) is 0 Å². The molecular weight excluding hydrogens is 300 g/mol. The minimum absolute atomic E-state index is 0.134. The third-order valence-electron chi connectivity index (χ3n) is 4.39. The van der Waals surface area contributed by atoms with Crippen molar-refractivity contribution in [2.24, 2.45) is 5.92 Å². The van der Waals surface area contributed by atoms with Gasteiger partial charge in [0.25, 0.3) is 0 Å². The lowest BCUT2D eigenvalue weighted by atomic mass is 10.0. The van der Waals surface area contributed by atoms with Crippen molar-refractivity contribution in [2.75, 3.05) is 13.1 Å². The van der Waals surface area contributed by atoms with Crippen LogP contribution in [0.3, 0.4) is 0 Å². The molecule has 1 N–H and O–H groups in total. The summed E-state index contributed by atoms with van der Waals surface area (Å²) < 4.78 is 0. The lowest BCUT2D eigenvalue weighted by Gasteiger charge is -2.32. The van der Waals surface area contributed by atoms with E-state index in [9.17, 15) is 9.59 Å². The molecule has 0 radical (unpaired) electrons. The number of nitrogens with zero attached hydrogens (tertiary/aromatic N) is 1. The Hall–Kier alpha value is -1.55. The molecule has 118 valence electrons. The number of hydrogen-bond acceptors (Lipinski definition) is 2. The highest BCUT2D eigenvalue weighted by Gasteiger charge is 2.32. The third kappa shape index (κ3) is 4.01. The Balaban J connectivity index is 1.46. The molecule has 22 heavy (non-hydrogen) atoms. The highest BCUT2D eigenvalue weighted by atomic mass is 35.5. The molecule has 1 heterocycles. The molecule has 0 atom stereocenters. The summed E-state index contributed by atoms with van der Waals surface area (Å²) in [4.78, 5) is 26.0. The minimum Gasteiger partial charge on any atom is -0.353 e. The van der Waals surface area contributed by atoms with Crippen molar-refractivity contribution >= 4 is 23.4 Å². The van der Waals surface area contributed by atoms with Crippen LogP contribution >= 0.6 is 11.6 Å². The van der Waals surface area contributed by atoms with E-state index in [-0.39, 0.29) is 23.8 Å². The van der Waals surface area contributed by atoms with Crippen LogP contribution in [-0.4, -0.2) is 35.8 Å². The Morgan fingerprint density at radius 2 is 1.91 bits per heavy atom. The van der Waals surface area contributed by atoms with Crippen LogP contribution in [0.15, 0.2) is 24.3 Å². The third-order valence-corrected chi connectivity index (χ3v) is 4.62. The predicted octanol–water partition coefficient (Wildman–Crippen LogP) is 2.40. The Labute approximate surface area is 135 Å². The number of carbonyl (C=O) groups is 2. The van der Waals surface area contributed by atoms with E-state index in [0.717, 1.165) is 44.3 Å². The van der Waals surface area contributed by atoms with E-state index >= 15 is 0 Å². The van der Waals surface area contributed by atoms with Crippen molar-refractivity contribution in [3.8, 4) is 0 Å². The molecule has 1 aliphatic carbocycles. The van der Waals surface area contributed by atoms with Gasteiger partial charge in [0.15, 0.2) is 0 Å². The summed E-state index contributed by atoms with van der Waals surface area (Å²) in [5.41, 5.74) is 0.946. The number of likely N-dealkylation sites (tertiary alicyclic amines) is 1. The Morgan fingerprint density at radius 3 is 2.55 bits per heavy atom. The molecule has 1 aromatic carbocycles. The van der Waals surface area contributed by atoms with E-state index in [1.807, 2.05) is 29.2 Å². The molecule has 4 nitrogen and oxygen atoms in total. The summed E-state index contributed by atoms with van der Waals surface area (Å²) in [5.74, 6) is 0.584. The molecule has 1 saturated carbocycles. The Kier molecular flexibility index (Phi) is 4.67. The second-order valence-electron chi connectivity index (χ2n) is 6.24. The first-order valence-electron chi connectivity index (χ1n) is 7.94. The van der Waals surface area contributed by atoms with Gasteiger partial charge in [-0.2, -0.15) is 0 Å². The molecule has 1 aliphatic heterocycles. The van der Waals surface area contributed by atoms with Crippen molar-refractivity contribution in [1.29, 1.82) is 0 Å². The van der Waals surface area contributed by atoms with Crippen molar-refractivity contribution < 1.29 is 9.59 Å². The van der Waals surface area contributed by atoms with Gasteiger partial charge in [0.2, 0.25) is 11.8 Å². The Morgan fingerprint density at radius 1 is 1.18 bits per heavy atom. The lowest BCUT2D eigenvalue weighted by molar-refractivity contribution is -0.131. The first-order chi connectivity index (χ1) is 10.6. The maximum Gasteiger partial charge on any atom is 0.226 e. The summed E-state index contributed by atoms with van der Waals surface area (Å²) in [6.45, 7) is 1.43. The van der Waals surface area contributed by atoms with Crippen LogP contribution in [0, 0.1) is 5.92 Å². The quantitative estimate of drug-likeness (QED) is 0.926. The second kappa shape index (κ2) is 6.69. The SMILES string of the molecule is O=C(NC1CCN(C(=O)Cc2cccc(Cl)c2)CC1)C1CC1. The number of benzene rings is 1. The molecule has 0 unspecified atom stereocenters. The fraction of sp³-hybridized carbons (Fsp3) is 0.529. The van der Waals surface area contributed by atoms with Gasteiger partial charge in [0.05, 0.1) is 6.42 Å². The van der Waals surface area contributed by atoms with Crippen LogP contribution in [0.2, 0.25) is 5.02 Å². The fourth-order valence-electron chi connectivity index (χ4n) is 2.87. The summed E-state index contributed by atoms with van der Waals surface area (Å²) in [6, 6.07) is 7.66. The first kappa shape index (κ1) is 15.3. The summed E-state index contributed by atoms with van der Waals surface area (Å²) in [5, 5.41) is 3.76. The van der Waals surface area contributed by atoms with E-state index in [1.165, 1.54) is 0 Å². The normalized spacial score (nSPS) is 19.0. The monoisotopic (exact) mass is 320 g/mol. The Bertz CT molecular complexity index is 564. The van der Waals surface area contributed by atoms with E-state index in [1.54, 1.807) is 0 Å². The maximum absolute atomic E-state index is 12.3. The topological polar surface area (TPSA) is 49.4 Å². The van der Waals surface area contributed by atoms with E-state index < -0.39 is 0 Å². The minimum atomic E-state index is 0.134. The molecule has 2 aliphatic rings. The summed E-state index contributed by atoms with van der Waals surface area (Å²) in [7, 11) is 0. The summed E-state index contributed by atoms with van der Waals surface area (Å²) >= 11 is 5.95. The van der Waals surface area contributed by atoms with Gasteiger partial charge in [-0.15, -0.1) is 0 Å². The van der Waals surface area contributed by atoms with Crippen molar-refractivity contribution in [3.63, 3.8) is 0 Å². The largest absolute Gasteiger partial charge is 0.353 e. The number of carbonyl (C=O) groups excluding carboxylic acids is 2. The zero-order valence-electron chi connectivity index (χ0n) is 12.6. The van der Waals surface area contributed by atoms with Crippen LogP contribution in [0.5, 0.6) is 0 Å². The number of piperidine rings is 1. The lowest BCUT2D eigenvalue weighted by Crippen LogP contribution is -2.47. The highest BCUT2D eigenvalue weighted by molar-refractivity contribution is 6.30. The predicted molar refractivity (Wildman–Crippen MR) is 85.6 cm³/mol. The fourth-order valence-corrected chi connectivity index (χ4v) is 3.08. The van der Waals surface area contributed by atoms with Gasteiger partial charge < -0.3 is 10.2 Å². The van der Waals surface area contributed by atoms with E-state index in [4.69, 9.17) is 11.6 Å². The molecule has 3 rings (SSSR count). The first-order valence-corrected chi connectivity index (χ1v) is 8.32. The molecule has 2 amide bonds. The van der Waals surface area contributed by atoms with Gasteiger partial charge in [-0.1, -0.05) is 23.7 Å². The van der Waals surface area contributed by atoms with Crippen molar-refractivity contribution in [3.05, 3.63) is 34.9 Å².